The second-order valence-corrected chi connectivity index (χ2v) is 8.33. The van der Waals surface area contributed by atoms with E-state index in [1.807, 2.05) is 0 Å². The Morgan fingerprint density at radius 1 is 0.750 bits per heavy atom. The number of esters is 3. The zero-order valence-electron chi connectivity index (χ0n) is 21.5. The van der Waals surface area contributed by atoms with Crippen molar-refractivity contribution >= 4 is 17.9 Å². The minimum Gasteiger partial charge on any atom is -0.464 e. The summed E-state index contributed by atoms with van der Waals surface area (Å²) in [6, 6.07) is 7.47. The quantitative estimate of drug-likeness (QED) is 0.140. The van der Waals surface area contributed by atoms with Crippen LogP contribution >= 0.6 is 0 Å². The molecule has 0 heterocycles. The molecule has 0 aliphatic heterocycles. The first-order valence-electron chi connectivity index (χ1n) is 12.2. The highest BCUT2D eigenvalue weighted by molar-refractivity contribution is 5.90. The van der Waals surface area contributed by atoms with Gasteiger partial charge in [-0.25, -0.2) is 23.2 Å². The van der Waals surface area contributed by atoms with E-state index in [2.05, 4.69) is 22.6 Å². The number of carbonyl (C=O) groups excluding carboxylic acids is 3. The standard InChI is InChI=1S/C28H28F2O10/c1-3-26(31)38-16-35-20-9-11-22(23(29)13-20)28(33)40-19-7-5-18(6-8-19)34-15-37-25-12-10-21(14-24(25)30)36-17-39-27(32)4-2/h3-4,9-14,18-19H,1-2,5-8,15-17H2. The molecule has 0 amide bonds. The van der Waals surface area contributed by atoms with Gasteiger partial charge in [0, 0.05) is 24.3 Å². The van der Waals surface area contributed by atoms with E-state index >= 15 is 0 Å². The van der Waals surface area contributed by atoms with Crippen LogP contribution in [-0.4, -0.2) is 50.5 Å². The van der Waals surface area contributed by atoms with Crippen LogP contribution in [0.1, 0.15) is 36.0 Å². The maximum Gasteiger partial charge on any atom is 0.341 e. The van der Waals surface area contributed by atoms with Gasteiger partial charge in [0.1, 0.15) is 23.4 Å². The minimum atomic E-state index is -0.838. The van der Waals surface area contributed by atoms with Gasteiger partial charge in [0.2, 0.25) is 13.6 Å². The van der Waals surface area contributed by atoms with E-state index in [9.17, 15) is 23.2 Å². The molecule has 0 aromatic heterocycles. The molecule has 2 aromatic carbocycles. The Morgan fingerprint density at radius 3 is 1.85 bits per heavy atom. The molecule has 40 heavy (non-hydrogen) atoms. The highest BCUT2D eigenvalue weighted by Gasteiger charge is 2.26. The van der Waals surface area contributed by atoms with Gasteiger partial charge in [-0.05, 0) is 49.9 Å². The van der Waals surface area contributed by atoms with Crippen LogP contribution in [0.5, 0.6) is 17.2 Å². The van der Waals surface area contributed by atoms with Crippen molar-refractivity contribution in [2.24, 2.45) is 0 Å². The summed E-state index contributed by atoms with van der Waals surface area (Å²) in [5, 5.41) is 0. The molecule has 12 heteroatoms. The molecular weight excluding hydrogens is 534 g/mol. The smallest absolute Gasteiger partial charge is 0.341 e. The van der Waals surface area contributed by atoms with Crippen LogP contribution in [0.2, 0.25) is 0 Å². The van der Waals surface area contributed by atoms with Crippen LogP contribution in [0.3, 0.4) is 0 Å². The van der Waals surface area contributed by atoms with Crippen LogP contribution in [-0.2, 0) is 28.5 Å². The Balaban J connectivity index is 1.36. The molecule has 0 saturated heterocycles. The maximum atomic E-state index is 14.4. The van der Waals surface area contributed by atoms with Gasteiger partial charge in [-0.2, -0.15) is 0 Å². The average molecular weight is 563 g/mol. The summed E-state index contributed by atoms with van der Waals surface area (Å²) < 4.78 is 64.6. The first kappa shape index (κ1) is 30.1. The van der Waals surface area contributed by atoms with Crippen molar-refractivity contribution in [1.82, 2.24) is 0 Å². The Hall–Kier alpha value is -4.45. The van der Waals surface area contributed by atoms with Crippen LogP contribution < -0.4 is 14.2 Å². The van der Waals surface area contributed by atoms with Crippen molar-refractivity contribution in [2.75, 3.05) is 20.4 Å². The monoisotopic (exact) mass is 562 g/mol. The summed E-state index contributed by atoms with van der Waals surface area (Å²) in [6.07, 6.45) is 3.42. The van der Waals surface area contributed by atoms with E-state index in [0.29, 0.717) is 25.7 Å². The average Bonchev–Trinajstić information content (AvgIpc) is 2.94. The number of rotatable bonds is 14. The molecule has 0 unspecified atom stereocenters. The van der Waals surface area contributed by atoms with E-state index in [1.54, 1.807) is 0 Å². The molecule has 0 atom stereocenters. The lowest BCUT2D eigenvalue weighted by molar-refractivity contribution is -0.145. The van der Waals surface area contributed by atoms with Gasteiger partial charge >= 0.3 is 17.9 Å². The number of hydrogen-bond acceptors (Lipinski definition) is 10. The number of benzene rings is 2. The lowest BCUT2D eigenvalue weighted by atomic mass is 9.95. The van der Waals surface area contributed by atoms with E-state index in [4.69, 9.17) is 23.7 Å². The van der Waals surface area contributed by atoms with Gasteiger partial charge < -0.3 is 33.2 Å². The van der Waals surface area contributed by atoms with Crippen molar-refractivity contribution < 1.29 is 56.3 Å². The third kappa shape index (κ3) is 9.38. The topological polar surface area (TPSA) is 116 Å². The summed E-state index contributed by atoms with van der Waals surface area (Å²) >= 11 is 0. The van der Waals surface area contributed by atoms with E-state index in [0.717, 1.165) is 24.3 Å². The molecular formula is C28H28F2O10. The molecule has 0 N–H and O–H groups in total. The molecule has 1 saturated carbocycles. The fourth-order valence-electron chi connectivity index (χ4n) is 3.59. The van der Waals surface area contributed by atoms with E-state index < -0.39 is 49.2 Å². The fraction of sp³-hybridized carbons (Fsp3) is 0.321. The summed E-state index contributed by atoms with van der Waals surface area (Å²) in [6.45, 7) is 5.47. The zero-order chi connectivity index (χ0) is 28.9. The molecule has 1 fully saturated rings. The third-order valence-electron chi connectivity index (χ3n) is 5.66. The molecule has 2 aromatic rings. The SMILES string of the molecule is C=CC(=O)OCOc1ccc(OCOC2CCC(OC(=O)c3ccc(OCOC(=O)C=C)cc3F)CC2)c(F)c1. The normalized spacial score (nSPS) is 16.2. The van der Waals surface area contributed by atoms with Crippen molar-refractivity contribution in [3.05, 3.63) is 78.9 Å². The van der Waals surface area contributed by atoms with Crippen molar-refractivity contribution in [2.45, 2.75) is 37.9 Å². The molecule has 0 radical (unpaired) electrons. The van der Waals surface area contributed by atoms with Gasteiger partial charge in [-0.15, -0.1) is 0 Å². The Kier molecular flexibility index (Phi) is 11.5. The summed E-state index contributed by atoms with van der Waals surface area (Å²) in [5.74, 6) is -3.52. The molecule has 1 aliphatic carbocycles. The summed E-state index contributed by atoms with van der Waals surface area (Å²) in [4.78, 5) is 34.4. The number of halogens is 2. The van der Waals surface area contributed by atoms with Crippen molar-refractivity contribution in [1.29, 1.82) is 0 Å². The second kappa shape index (κ2) is 15.2. The third-order valence-corrected chi connectivity index (χ3v) is 5.66. The van der Waals surface area contributed by atoms with Gasteiger partial charge in [0.05, 0.1) is 11.7 Å². The number of ether oxygens (including phenoxy) is 7. The Labute approximate surface area is 229 Å². The largest absolute Gasteiger partial charge is 0.464 e. The lowest BCUT2D eigenvalue weighted by Crippen LogP contribution is -2.29. The predicted molar refractivity (Wildman–Crippen MR) is 134 cm³/mol. The van der Waals surface area contributed by atoms with E-state index in [-0.39, 0.29) is 35.7 Å². The maximum absolute atomic E-state index is 14.4. The molecule has 3 rings (SSSR count). The molecule has 0 spiro atoms. The molecule has 1 aliphatic rings. The first-order valence-corrected chi connectivity index (χ1v) is 12.2. The summed E-state index contributed by atoms with van der Waals surface area (Å²) in [7, 11) is 0. The van der Waals surface area contributed by atoms with Crippen LogP contribution in [0.15, 0.2) is 61.7 Å². The van der Waals surface area contributed by atoms with Gasteiger partial charge in [-0.3, -0.25) is 0 Å². The van der Waals surface area contributed by atoms with E-state index in [1.165, 1.54) is 24.3 Å². The Bertz CT molecular complexity index is 1210. The Morgan fingerprint density at radius 2 is 1.30 bits per heavy atom. The van der Waals surface area contributed by atoms with Crippen LogP contribution in [0, 0.1) is 11.6 Å². The van der Waals surface area contributed by atoms with Gasteiger partial charge in [0.15, 0.2) is 18.4 Å². The second-order valence-electron chi connectivity index (χ2n) is 8.33. The highest BCUT2D eigenvalue weighted by Crippen LogP contribution is 2.27. The van der Waals surface area contributed by atoms with Crippen LogP contribution in [0.4, 0.5) is 8.78 Å². The lowest BCUT2D eigenvalue weighted by Gasteiger charge is -2.28. The van der Waals surface area contributed by atoms with Gasteiger partial charge in [0.25, 0.3) is 0 Å². The predicted octanol–water partition coefficient (Wildman–Crippen LogP) is 4.62. The number of hydrogen-bond donors (Lipinski definition) is 0. The fourth-order valence-corrected chi connectivity index (χ4v) is 3.59. The summed E-state index contributed by atoms with van der Waals surface area (Å²) in [5.41, 5.74) is -0.251. The number of carbonyl (C=O) groups is 3. The van der Waals surface area contributed by atoms with Crippen LogP contribution in [0.25, 0.3) is 0 Å². The highest BCUT2D eigenvalue weighted by atomic mass is 19.1. The molecule has 0 bridgehead atoms. The van der Waals surface area contributed by atoms with Crippen molar-refractivity contribution in [3.63, 3.8) is 0 Å². The minimum absolute atomic E-state index is 0.0470. The molecule has 10 nitrogen and oxygen atoms in total. The zero-order valence-corrected chi connectivity index (χ0v) is 21.5. The van der Waals surface area contributed by atoms with Crippen molar-refractivity contribution in [3.8, 4) is 17.2 Å². The molecule has 214 valence electrons. The van der Waals surface area contributed by atoms with Gasteiger partial charge in [-0.1, -0.05) is 13.2 Å². The first-order chi connectivity index (χ1) is 19.3.